The molecular formula is C16H21N3O2. The number of aryl methyl sites for hydroxylation is 1. The van der Waals surface area contributed by atoms with Crippen LogP contribution in [0.1, 0.15) is 19.3 Å². The van der Waals surface area contributed by atoms with Crippen molar-refractivity contribution in [2.24, 2.45) is 5.92 Å². The number of carbonyl (C=O) groups excluding carboxylic acids is 1. The lowest BCUT2D eigenvalue weighted by Gasteiger charge is -2.22. The highest BCUT2D eigenvalue weighted by Crippen LogP contribution is 2.13. The molecule has 0 aliphatic carbocycles. The monoisotopic (exact) mass is 287 g/mol. The molecule has 21 heavy (non-hydrogen) atoms. The fraction of sp³-hybridized carbons (Fsp3) is 0.500. The molecule has 5 heteroatoms. The van der Waals surface area contributed by atoms with Gasteiger partial charge in [0.2, 0.25) is 5.91 Å². The van der Waals surface area contributed by atoms with Gasteiger partial charge in [0, 0.05) is 26.1 Å². The summed E-state index contributed by atoms with van der Waals surface area (Å²) in [5.74, 6) is 0.565. The molecule has 112 valence electrons. The average Bonchev–Trinajstić information content (AvgIpc) is 2.95. The Morgan fingerprint density at radius 2 is 2.33 bits per heavy atom. The molecule has 5 nitrogen and oxygen atoms in total. The van der Waals surface area contributed by atoms with Gasteiger partial charge in [0.05, 0.1) is 24.0 Å². The summed E-state index contributed by atoms with van der Waals surface area (Å²) in [5, 5.41) is 3.01. The molecule has 1 atom stereocenters. The van der Waals surface area contributed by atoms with Crippen molar-refractivity contribution in [1.82, 2.24) is 14.9 Å². The van der Waals surface area contributed by atoms with Gasteiger partial charge in [-0.2, -0.15) is 0 Å². The number of ether oxygens (including phenoxy) is 1. The molecule has 1 aliphatic rings. The molecule has 0 bridgehead atoms. The van der Waals surface area contributed by atoms with Crippen LogP contribution in [0.2, 0.25) is 0 Å². The number of hydrogen-bond acceptors (Lipinski definition) is 3. The maximum atomic E-state index is 11.9. The largest absolute Gasteiger partial charge is 0.381 e. The number of aromatic nitrogens is 2. The van der Waals surface area contributed by atoms with E-state index in [0.717, 1.165) is 43.6 Å². The Balaban J connectivity index is 1.47. The van der Waals surface area contributed by atoms with Crippen LogP contribution in [0.4, 0.5) is 0 Å². The summed E-state index contributed by atoms with van der Waals surface area (Å²) in [7, 11) is 0. The van der Waals surface area contributed by atoms with Crippen LogP contribution in [0, 0.1) is 5.92 Å². The van der Waals surface area contributed by atoms with Gasteiger partial charge in [-0.1, -0.05) is 12.1 Å². The molecule has 1 fully saturated rings. The van der Waals surface area contributed by atoms with Crippen molar-refractivity contribution < 1.29 is 9.53 Å². The molecule has 1 aromatic heterocycles. The number of nitrogens with zero attached hydrogens (tertiary/aromatic N) is 2. The van der Waals surface area contributed by atoms with Crippen molar-refractivity contribution in [1.29, 1.82) is 0 Å². The summed E-state index contributed by atoms with van der Waals surface area (Å²) in [5.41, 5.74) is 2.04. The zero-order valence-electron chi connectivity index (χ0n) is 12.1. The Morgan fingerprint density at radius 3 is 3.19 bits per heavy atom. The van der Waals surface area contributed by atoms with Gasteiger partial charge in [-0.05, 0) is 30.9 Å². The summed E-state index contributed by atoms with van der Waals surface area (Å²) in [6, 6.07) is 7.97. The van der Waals surface area contributed by atoms with Crippen LogP contribution in [0.5, 0.6) is 0 Å². The van der Waals surface area contributed by atoms with Crippen LogP contribution in [-0.2, 0) is 16.1 Å². The maximum Gasteiger partial charge on any atom is 0.221 e. The van der Waals surface area contributed by atoms with E-state index in [1.54, 1.807) is 6.33 Å². The zero-order chi connectivity index (χ0) is 14.5. The lowest BCUT2D eigenvalue weighted by Crippen LogP contribution is -2.33. The van der Waals surface area contributed by atoms with Crippen molar-refractivity contribution in [3.8, 4) is 0 Å². The smallest absolute Gasteiger partial charge is 0.221 e. The average molecular weight is 287 g/mol. The SMILES string of the molecule is O=C(CCn1cnc2ccccc21)NCC1CCCOC1. The van der Waals surface area contributed by atoms with E-state index in [4.69, 9.17) is 4.74 Å². The van der Waals surface area contributed by atoms with Gasteiger partial charge in [0.15, 0.2) is 0 Å². The number of para-hydroxylation sites is 2. The number of imidazole rings is 1. The molecule has 3 rings (SSSR count). The van der Waals surface area contributed by atoms with Gasteiger partial charge in [-0.3, -0.25) is 4.79 Å². The van der Waals surface area contributed by atoms with E-state index >= 15 is 0 Å². The van der Waals surface area contributed by atoms with E-state index in [-0.39, 0.29) is 5.91 Å². The number of nitrogens with one attached hydrogen (secondary N) is 1. The number of hydrogen-bond donors (Lipinski definition) is 1. The van der Waals surface area contributed by atoms with Gasteiger partial charge in [0.25, 0.3) is 0 Å². The molecule has 1 amide bonds. The van der Waals surface area contributed by atoms with E-state index in [1.165, 1.54) is 0 Å². The first kappa shape index (κ1) is 14.1. The fourth-order valence-corrected chi connectivity index (χ4v) is 2.73. The van der Waals surface area contributed by atoms with Gasteiger partial charge in [-0.25, -0.2) is 4.98 Å². The molecule has 1 N–H and O–H groups in total. The van der Waals surface area contributed by atoms with Crippen molar-refractivity contribution in [3.63, 3.8) is 0 Å². The van der Waals surface area contributed by atoms with E-state index in [2.05, 4.69) is 10.3 Å². The zero-order valence-corrected chi connectivity index (χ0v) is 12.1. The number of amides is 1. The quantitative estimate of drug-likeness (QED) is 0.914. The molecule has 1 aliphatic heterocycles. The maximum absolute atomic E-state index is 11.9. The first-order chi connectivity index (χ1) is 10.3. The minimum Gasteiger partial charge on any atom is -0.381 e. The van der Waals surface area contributed by atoms with Crippen molar-refractivity contribution in [2.45, 2.75) is 25.8 Å². The minimum atomic E-state index is 0.0957. The molecule has 0 radical (unpaired) electrons. The standard InChI is InChI=1S/C16H21N3O2/c20-16(17-10-13-4-3-9-21-11-13)7-8-19-12-18-14-5-1-2-6-15(14)19/h1-2,5-6,12-13H,3-4,7-11H2,(H,17,20). The first-order valence-corrected chi connectivity index (χ1v) is 7.57. The second kappa shape index (κ2) is 6.72. The van der Waals surface area contributed by atoms with E-state index < -0.39 is 0 Å². The second-order valence-corrected chi connectivity index (χ2v) is 5.56. The first-order valence-electron chi connectivity index (χ1n) is 7.57. The molecular weight excluding hydrogens is 266 g/mol. The van der Waals surface area contributed by atoms with Gasteiger partial charge in [-0.15, -0.1) is 0 Å². The predicted octanol–water partition coefficient (Wildman–Crippen LogP) is 1.97. The lowest BCUT2D eigenvalue weighted by atomic mass is 10.0. The number of benzene rings is 1. The Morgan fingerprint density at radius 1 is 1.43 bits per heavy atom. The highest BCUT2D eigenvalue weighted by Gasteiger charge is 2.14. The Labute approximate surface area is 124 Å². The van der Waals surface area contributed by atoms with Gasteiger partial charge < -0.3 is 14.6 Å². The van der Waals surface area contributed by atoms with Crippen LogP contribution in [0.15, 0.2) is 30.6 Å². The number of rotatable bonds is 5. The third-order valence-electron chi connectivity index (χ3n) is 3.95. The Kier molecular flexibility index (Phi) is 4.50. The second-order valence-electron chi connectivity index (χ2n) is 5.56. The normalized spacial score (nSPS) is 18.8. The molecule has 1 unspecified atom stereocenters. The van der Waals surface area contributed by atoms with Crippen LogP contribution in [0.3, 0.4) is 0 Å². The van der Waals surface area contributed by atoms with E-state index in [0.29, 0.717) is 18.9 Å². The molecule has 1 saturated heterocycles. The predicted molar refractivity (Wildman–Crippen MR) is 80.9 cm³/mol. The topological polar surface area (TPSA) is 56.2 Å². The minimum absolute atomic E-state index is 0.0957. The Bertz CT molecular complexity index is 602. The summed E-state index contributed by atoms with van der Waals surface area (Å²) in [6.07, 6.45) is 4.52. The van der Waals surface area contributed by atoms with Crippen molar-refractivity contribution >= 4 is 16.9 Å². The summed E-state index contributed by atoms with van der Waals surface area (Å²) < 4.78 is 7.44. The van der Waals surface area contributed by atoms with Gasteiger partial charge in [0.1, 0.15) is 0 Å². The third kappa shape index (κ3) is 3.61. The molecule has 0 saturated carbocycles. The Hall–Kier alpha value is -1.88. The molecule has 1 aromatic carbocycles. The highest BCUT2D eigenvalue weighted by atomic mass is 16.5. The van der Waals surface area contributed by atoms with Gasteiger partial charge >= 0.3 is 0 Å². The van der Waals surface area contributed by atoms with Crippen LogP contribution in [0.25, 0.3) is 11.0 Å². The fourth-order valence-electron chi connectivity index (χ4n) is 2.73. The summed E-state index contributed by atoms with van der Waals surface area (Å²) in [4.78, 5) is 16.3. The van der Waals surface area contributed by atoms with E-state index in [1.807, 2.05) is 28.8 Å². The number of carbonyl (C=O) groups is 1. The van der Waals surface area contributed by atoms with E-state index in [9.17, 15) is 4.79 Å². The molecule has 2 heterocycles. The summed E-state index contributed by atoms with van der Waals surface area (Å²) >= 11 is 0. The number of fused-ring (bicyclic) bond motifs is 1. The van der Waals surface area contributed by atoms with Crippen LogP contribution < -0.4 is 5.32 Å². The highest BCUT2D eigenvalue weighted by molar-refractivity contribution is 5.77. The molecule has 0 spiro atoms. The van der Waals surface area contributed by atoms with Crippen molar-refractivity contribution in [3.05, 3.63) is 30.6 Å². The summed E-state index contributed by atoms with van der Waals surface area (Å²) in [6.45, 7) is 3.02. The van der Waals surface area contributed by atoms with Crippen LogP contribution in [-0.4, -0.2) is 35.2 Å². The van der Waals surface area contributed by atoms with Crippen molar-refractivity contribution in [2.75, 3.05) is 19.8 Å². The molecule has 2 aromatic rings. The third-order valence-corrected chi connectivity index (χ3v) is 3.95. The lowest BCUT2D eigenvalue weighted by molar-refractivity contribution is -0.121. The van der Waals surface area contributed by atoms with Crippen LogP contribution >= 0.6 is 0 Å².